The fourth-order valence-corrected chi connectivity index (χ4v) is 3.03. The number of alkyl halides is 4. The minimum atomic E-state index is -4.63. The summed E-state index contributed by atoms with van der Waals surface area (Å²) in [5.41, 5.74) is 0.329. The van der Waals surface area contributed by atoms with E-state index in [1.54, 1.807) is 0 Å². The average Bonchev–Trinajstić information content (AvgIpc) is 3.19. The molecular formula is C16H13ClF3N3O2S. The number of nitrogens with zero attached hydrogens (tertiary/aromatic N) is 2. The number of nitrogens with one attached hydrogen (secondary N) is 1. The summed E-state index contributed by atoms with van der Waals surface area (Å²) >= 11 is 6.74. The van der Waals surface area contributed by atoms with Gasteiger partial charge in [0, 0.05) is 23.7 Å². The number of amides is 1. The first kappa shape index (κ1) is 19.9. The van der Waals surface area contributed by atoms with E-state index in [1.165, 1.54) is 37.5 Å². The van der Waals surface area contributed by atoms with Gasteiger partial charge in [-0.05, 0) is 25.1 Å². The molecule has 0 spiro atoms. The maximum Gasteiger partial charge on any atom is 0.452 e. The van der Waals surface area contributed by atoms with E-state index in [-0.39, 0.29) is 22.0 Å². The van der Waals surface area contributed by atoms with Gasteiger partial charge in [0.25, 0.3) is 5.91 Å². The maximum absolute atomic E-state index is 12.8. The van der Waals surface area contributed by atoms with Crippen LogP contribution in [0.15, 0.2) is 46.2 Å². The fourth-order valence-electron chi connectivity index (χ4n) is 1.94. The van der Waals surface area contributed by atoms with Crippen molar-refractivity contribution in [1.82, 2.24) is 10.5 Å². The monoisotopic (exact) mass is 403 g/mol. The lowest BCUT2D eigenvalue weighted by Crippen LogP contribution is -2.22. The van der Waals surface area contributed by atoms with Crippen LogP contribution in [0.1, 0.15) is 21.0 Å². The molecule has 0 aliphatic rings. The zero-order chi connectivity index (χ0) is 19.3. The first-order chi connectivity index (χ1) is 12.3. The van der Waals surface area contributed by atoms with Crippen molar-refractivity contribution in [2.24, 2.45) is 4.99 Å². The van der Waals surface area contributed by atoms with Gasteiger partial charge in [-0.2, -0.15) is 13.2 Å². The van der Waals surface area contributed by atoms with E-state index >= 15 is 0 Å². The number of allylic oxidation sites excluding steroid dienone is 2. The van der Waals surface area contributed by atoms with Crippen LogP contribution >= 0.6 is 22.9 Å². The molecule has 0 bridgehead atoms. The summed E-state index contributed by atoms with van der Waals surface area (Å²) in [7, 11) is 0. The molecule has 138 valence electrons. The molecule has 1 amide bonds. The quantitative estimate of drug-likeness (QED) is 0.556. The molecule has 0 saturated carbocycles. The molecule has 0 aliphatic heterocycles. The smallest absolute Gasteiger partial charge is 0.351 e. The second-order valence-electron chi connectivity index (χ2n) is 4.91. The molecular weight excluding hydrogens is 391 g/mol. The molecule has 0 aromatic carbocycles. The van der Waals surface area contributed by atoms with E-state index in [0.717, 1.165) is 11.3 Å². The van der Waals surface area contributed by atoms with Crippen molar-refractivity contribution in [2.45, 2.75) is 13.1 Å². The van der Waals surface area contributed by atoms with E-state index in [0.29, 0.717) is 10.6 Å². The molecule has 2 aromatic heterocycles. The van der Waals surface area contributed by atoms with Crippen molar-refractivity contribution in [3.63, 3.8) is 0 Å². The van der Waals surface area contributed by atoms with Crippen molar-refractivity contribution in [2.75, 3.05) is 5.88 Å². The molecule has 2 aromatic rings. The van der Waals surface area contributed by atoms with Crippen molar-refractivity contribution in [3.8, 4) is 10.6 Å². The molecule has 2 rings (SSSR count). The van der Waals surface area contributed by atoms with Gasteiger partial charge in [-0.3, -0.25) is 9.79 Å². The highest BCUT2D eigenvalue weighted by Crippen LogP contribution is 2.38. The first-order valence-corrected chi connectivity index (χ1v) is 8.47. The lowest BCUT2D eigenvalue weighted by atomic mass is 10.2. The third-order valence-corrected chi connectivity index (χ3v) is 4.51. The highest BCUT2D eigenvalue weighted by Gasteiger charge is 2.39. The molecule has 0 unspecified atom stereocenters. The normalized spacial score (nSPS) is 12.6. The predicted octanol–water partition coefficient (Wildman–Crippen LogP) is 4.80. The van der Waals surface area contributed by atoms with Gasteiger partial charge < -0.3 is 9.84 Å². The van der Waals surface area contributed by atoms with E-state index in [1.807, 2.05) is 0 Å². The van der Waals surface area contributed by atoms with Gasteiger partial charge in [0.05, 0.1) is 15.6 Å². The number of halogens is 4. The topological polar surface area (TPSA) is 67.5 Å². The van der Waals surface area contributed by atoms with Crippen molar-refractivity contribution < 1.29 is 22.5 Å². The Morgan fingerprint density at radius 2 is 2.23 bits per heavy atom. The van der Waals surface area contributed by atoms with E-state index in [4.69, 9.17) is 11.6 Å². The van der Waals surface area contributed by atoms with Gasteiger partial charge in [-0.25, -0.2) is 0 Å². The molecule has 1 N–H and O–H groups in total. The van der Waals surface area contributed by atoms with Crippen LogP contribution in [0.3, 0.4) is 0 Å². The molecule has 2 heterocycles. The summed E-state index contributed by atoms with van der Waals surface area (Å²) in [6.07, 6.45) is -0.369. The van der Waals surface area contributed by atoms with Gasteiger partial charge in [-0.15, -0.1) is 22.9 Å². The second kappa shape index (κ2) is 8.33. The molecule has 0 atom stereocenters. The summed E-state index contributed by atoms with van der Waals surface area (Å²) in [6.45, 7) is 4.68. The van der Waals surface area contributed by atoms with Crippen LogP contribution in [-0.4, -0.2) is 23.2 Å². The number of rotatable bonds is 6. The van der Waals surface area contributed by atoms with Gasteiger partial charge in [0.2, 0.25) is 5.76 Å². The Morgan fingerprint density at radius 3 is 2.81 bits per heavy atom. The number of aliphatic imine (C=N–C) groups is 1. The Bertz CT molecular complexity index is 868. The van der Waals surface area contributed by atoms with Crippen molar-refractivity contribution in [1.29, 1.82) is 0 Å². The van der Waals surface area contributed by atoms with Crippen LogP contribution in [-0.2, 0) is 6.18 Å². The molecule has 10 heteroatoms. The van der Waals surface area contributed by atoms with E-state index < -0.39 is 17.8 Å². The SMILES string of the molecule is C=CN=C/C=C(\CCl)NC(=O)c1ccc(-c2noc(C(F)(F)F)c2C)s1. The van der Waals surface area contributed by atoms with Crippen LogP contribution in [0.25, 0.3) is 10.6 Å². The Kier molecular flexibility index (Phi) is 6.38. The van der Waals surface area contributed by atoms with Crippen LogP contribution in [0, 0.1) is 6.92 Å². The Labute approximate surface area is 155 Å². The van der Waals surface area contributed by atoms with Crippen LogP contribution in [0.4, 0.5) is 13.2 Å². The largest absolute Gasteiger partial charge is 0.452 e. The maximum atomic E-state index is 12.8. The molecule has 5 nitrogen and oxygen atoms in total. The highest BCUT2D eigenvalue weighted by atomic mass is 35.5. The van der Waals surface area contributed by atoms with E-state index in [2.05, 4.69) is 26.6 Å². The summed E-state index contributed by atoms with van der Waals surface area (Å²) in [6, 6.07) is 2.99. The zero-order valence-electron chi connectivity index (χ0n) is 13.4. The molecule has 0 aliphatic carbocycles. The van der Waals surface area contributed by atoms with Gasteiger partial charge in [-0.1, -0.05) is 11.7 Å². The summed E-state index contributed by atoms with van der Waals surface area (Å²) < 4.78 is 42.8. The lowest BCUT2D eigenvalue weighted by molar-refractivity contribution is -0.156. The number of carbonyl (C=O) groups excluding carboxylic acids is 1. The molecule has 26 heavy (non-hydrogen) atoms. The second-order valence-corrected chi connectivity index (χ2v) is 6.26. The van der Waals surface area contributed by atoms with Crippen molar-refractivity contribution >= 4 is 35.1 Å². The average molecular weight is 404 g/mol. The van der Waals surface area contributed by atoms with Crippen LogP contribution in [0.5, 0.6) is 0 Å². The van der Waals surface area contributed by atoms with Crippen molar-refractivity contribution in [3.05, 3.63) is 52.9 Å². The number of carbonyl (C=O) groups is 1. The summed E-state index contributed by atoms with van der Waals surface area (Å²) in [5.74, 6) is -1.55. The van der Waals surface area contributed by atoms with E-state index in [9.17, 15) is 18.0 Å². The first-order valence-electron chi connectivity index (χ1n) is 7.12. The number of hydrogen-bond acceptors (Lipinski definition) is 5. The fraction of sp³-hybridized carbons (Fsp3) is 0.188. The zero-order valence-corrected chi connectivity index (χ0v) is 15.0. The van der Waals surface area contributed by atoms with Gasteiger partial charge in [0.1, 0.15) is 5.69 Å². The van der Waals surface area contributed by atoms with Gasteiger partial charge >= 0.3 is 6.18 Å². The molecule has 0 saturated heterocycles. The number of hydrogen-bond donors (Lipinski definition) is 1. The minimum absolute atomic E-state index is 0.0461. The highest BCUT2D eigenvalue weighted by molar-refractivity contribution is 7.17. The molecule has 0 radical (unpaired) electrons. The standard InChI is InChI=1S/C16H13ClF3N3O2S/c1-3-21-7-6-10(8-17)22-15(24)12-5-4-11(26-12)13-9(2)14(25-23-13)16(18,19)20/h3-7H,1,8H2,2H3,(H,22,24)/b10-6+,21-7?. The predicted molar refractivity (Wildman–Crippen MR) is 94.5 cm³/mol. The summed E-state index contributed by atoms with van der Waals surface area (Å²) in [5, 5.41) is 6.08. The Hall–Kier alpha value is -2.39. The Balaban J connectivity index is 2.21. The number of aromatic nitrogens is 1. The Morgan fingerprint density at radius 1 is 1.50 bits per heavy atom. The van der Waals surface area contributed by atoms with Crippen LogP contribution < -0.4 is 5.32 Å². The summed E-state index contributed by atoms with van der Waals surface area (Å²) in [4.78, 5) is 16.7. The third-order valence-electron chi connectivity index (χ3n) is 3.13. The number of thiophene rings is 1. The minimum Gasteiger partial charge on any atom is -0.351 e. The molecule has 0 fully saturated rings. The third kappa shape index (κ3) is 4.61. The van der Waals surface area contributed by atoms with Gasteiger partial charge in [0.15, 0.2) is 0 Å². The lowest BCUT2D eigenvalue weighted by Gasteiger charge is -2.04. The van der Waals surface area contributed by atoms with Crippen LogP contribution in [0.2, 0.25) is 0 Å².